The Labute approximate surface area is 106 Å². The van der Waals surface area contributed by atoms with Crippen LogP contribution in [0.25, 0.3) is 0 Å². The molecule has 0 aliphatic carbocycles. The Kier molecular flexibility index (Phi) is 3.98. The van der Waals surface area contributed by atoms with Crippen LogP contribution in [0.15, 0.2) is 22.7 Å². The third-order valence-corrected chi connectivity index (χ3v) is 2.70. The molecule has 0 saturated carbocycles. The lowest BCUT2D eigenvalue weighted by Gasteiger charge is -2.29. The summed E-state index contributed by atoms with van der Waals surface area (Å²) in [7, 11) is 2.02. The number of benzene rings is 1. The van der Waals surface area contributed by atoms with E-state index >= 15 is 0 Å². The van der Waals surface area contributed by atoms with Crippen molar-refractivity contribution in [1.82, 2.24) is 0 Å². The van der Waals surface area contributed by atoms with Gasteiger partial charge in [-0.15, -0.1) is 0 Å². The number of nitrogens with zero attached hydrogens (tertiary/aromatic N) is 2. The highest BCUT2D eigenvalue weighted by molar-refractivity contribution is 9.10. The van der Waals surface area contributed by atoms with Gasteiger partial charge in [0.15, 0.2) is 0 Å². The van der Waals surface area contributed by atoms with Gasteiger partial charge >= 0.3 is 0 Å². The normalized spacial score (nSPS) is 11.0. The van der Waals surface area contributed by atoms with Gasteiger partial charge in [-0.3, -0.25) is 0 Å². The Morgan fingerprint density at radius 3 is 2.50 bits per heavy atom. The number of hydrogen-bond donors (Lipinski definition) is 0. The summed E-state index contributed by atoms with van der Waals surface area (Å²) in [6, 6.07) is 7.96. The molecule has 0 unspecified atom stereocenters. The molecule has 0 amide bonds. The summed E-state index contributed by atoms with van der Waals surface area (Å²) >= 11 is 3.44. The molecule has 0 aliphatic rings. The molecule has 1 aromatic carbocycles. The van der Waals surface area contributed by atoms with Gasteiger partial charge in [0.2, 0.25) is 0 Å². The van der Waals surface area contributed by atoms with Crippen LogP contribution in [0, 0.1) is 16.7 Å². The van der Waals surface area contributed by atoms with Gasteiger partial charge in [-0.2, -0.15) is 5.26 Å². The second-order valence-corrected chi connectivity index (χ2v) is 6.11. The summed E-state index contributed by atoms with van der Waals surface area (Å²) in [6.45, 7) is 7.48. The molecule has 0 spiro atoms. The first-order valence-corrected chi connectivity index (χ1v) is 6.03. The second-order valence-electron chi connectivity index (χ2n) is 5.19. The molecule has 0 saturated heterocycles. The van der Waals surface area contributed by atoms with Gasteiger partial charge in [0.1, 0.15) is 6.07 Å². The average Bonchev–Trinajstić information content (AvgIpc) is 2.15. The van der Waals surface area contributed by atoms with E-state index in [1.54, 1.807) is 0 Å². The molecule has 0 fully saturated rings. The zero-order valence-corrected chi connectivity index (χ0v) is 11.8. The van der Waals surface area contributed by atoms with Crippen molar-refractivity contribution >= 4 is 21.6 Å². The molecule has 1 rings (SSSR count). The Balaban J connectivity index is 3.03. The predicted octanol–water partition coefficient (Wildman–Crippen LogP) is 3.80. The number of nitriles is 1. The highest BCUT2D eigenvalue weighted by Gasteiger charge is 2.16. The van der Waals surface area contributed by atoms with Crippen LogP contribution in [-0.2, 0) is 0 Å². The van der Waals surface area contributed by atoms with Crippen molar-refractivity contribution in [3.05, 3.63) is 28.2 Å². The average molecular weight is 281 g/mol. The summed E-state index contributed by atoms with van der Waals surface area (Å²) in [5, 5.41) is 9.06. The van der Waals surface area contributed by atoms with Crippen LogP contribution in [-0.4, -0.2) is 13.6 Å². The van der Waals surface area contributed by atoms with Gasteiger partial charge < -0.3 is 4.90 Å². The van der Waals surface area contributed by atoms with E-state index in [4.69, 9.17) is 5.26 Å². The predicted molar refractivity (Wildman–Crippen MR) is 71.6 cm³/mol. The molecule has 86 valence electrons. The summed E-state index contributed by atoms with van der Waals surface area (Å²) < 4.78 is 1.00. The Morgan fingerprint density at radius 1 is 1.38 bits per heavy atom. The highest BCUT2D eigenvalue weighted by atomic mass is 79.9. The van der Waals surface area contributed by atoms with E-state index in [9.17, 15) is 0 Å². The van der Waals surface area contributed by atoms with Crippen LogP contribution >= 0.6 is 15.9 Å². The minimum absolute atomic E-state index is 0.212. The van der Waals surface area contributed by atoms with E-state index in [0.717, 1.165) is 22.3 Å². The molecule has 0 radical (unpaired) electrons. The van der Waals surface area contributed by atoms with Gasteiger partial charge in [0.25, 0.3) is 0 Å². The van der Waals surface area contributed by atoms with E-state index in [2.05, 4.69) is 47.7 Å². The van der Waals surface area contributed by atoms with Crippen LogP contribution < -0.4 is 4.90 Å². The highest BCUT2D eigenvalue weighted by Crippen LogP contribution is 2.26. The van der Waals surface area contributed by atoms with E-state index in [-0.39, 0.29) is 5.41 Å². The molecular weight excluding hydrogens is 264 g/mol. The third kappa shape index (κ3) is 3.53. The van der Waals surface area contributed by atoms with Crippen molar-refractivity contribution in [1.29, 1.82) is 5.26 Å². The SMILES string of the molecule is CN(CC(C)(C)C)c1cc(Br)ccc1C#N. The first-order valence-electron chi connectivity index (χ1n) is 5.24. The van der Waals surface area contributed by atoms with Crippen LogP contribution in [0.1, 0.15) is 26.3 Å². The minimum atomic E-state index is 0.212. The standard InChI is InChI=1S/C13H17BrN2/c1-13(2,3)9-16(4)12-7-11(14)6-5-10(12)8-15/h5-7H,9H2,1-4H3. The zero-order chi connectivity index (χ0) is 12.3. The molecule has 16 heavy (non-hydrogen) atoms. The first kappa shape index (κ1) is 13.1. The third-order valence-electron chi connectivity index (χ3n) is 2.20. The summed E-state index contributed by atoms with van der Waals surface area (Å²) in [5.74, 6) is 0. The summed E-state index contributed by atoms with van der Waals surface area (Å²) in [6.07, 6.45) is 0. The molecule has 2 nitrogen and oxygen atoms in total. The number of anilines is 1. The molecule has 0 heterocycles. The van der Waals surface area contributed by atoms with Gasteiger partial charge in [-0.1, -0.05) is 36.7 Å². The lowest BCUT2D eigenvalue weighted by Crippen LogP contribution is -2.29. The molecule has 3 heteroatoms. The van der Waals surface area contributed by atoms with E-state index in [0.29, 0.717) is 0 Å². The molecule has 0 aliphatic heterocycles. The van der Waals surface area contributed by atoms with E-state index in [1.807, 2.05) is 25.2 Å². The maximum atomic E-state index is 9.06. The van der Waals surface area contributed by atoms with Crippen molar-refractivity contribution in [2.24, 2.45) is 5.41 Å². The van der Waals surface area contributed by atoms with Gasteiger partial charge in [0.05, 0.1) is 11.3 Å². The summed E-state index contributed by atoms with van der Waals surface area (Å²) in [5.41, 5.74) is 1.91. The minimum Gasteiger partial charge on any atom is -0.373 e. The molecule has 0 N–H and O–H groups in total. The zero-order valence-electron chi connectivity index (χ0n) is 10.2. The molecular formula is C13H17BrN2. The van der Waals surface area contributed by atoms with Crippen LogP contribution in [0.2, 0.25) is 0 Å². The van der Waals surface area contributed by atoms with Gasteiger partial charge in [-0.05, 0) is 23.6 Å². The van der Waals surface area contributed by atoms with Gasteiger partial charge in [0, 0.05) is 18.1 Å². The van der Waals surface area contributed by atoms with Crippen molar-refractivity contribution in [3.63, 3.8) is 0 Å². The fourth-order valence-corrected chi connectivity index (χ4v) is 2.06. The van der Waals surface area contributed by atoms with Crippen LogP contribution in [0.4, 0.5) is 5.69 Å². The van der Waals surface area contributed by atoms with Crippen molar-refractivity contribution < 1.29 is 0 Å². The number of rotatable bonds is 2. The summed E-state index contributed by atoms with van der Waals surface area (Å²) in [4.78, 5) is 2.13. The molecule has 1 aromatic rings. The Hall–Kier alpha value is -1.01. The molecule has 0 bridgehead atoms. The first-order chi connectivity index (χ1) is 7.33. The number of halogens is 1. The van der Waals surface area contributed by atoms with Gasteiger partial charge in [-0.25, -0.2) is 0 Å². The maximum absolute atomic E-state index is 9.06. The van der Waals surface area contributed by atoms with E-state index in [1.165, 1.54) is 0 Å². The van der Waals surface area contributed by atoms with Crippen LogP contribution in [0.3, 0.4) is 0 Å². The largest absolute Gasteiger partial charge is 0.373 e. The lowest BCUT2D eigenvalue weighted by atomic mass is 9.96. The monoisotopic (exact) mass is 280 g/mol. The maximum Gasteiger partial charge on any atom is 0.101 e. The molecule has 0 aromatic heterocycles. The van der Waals surface area contributed by atoms with E-state index < -0.39 is 0 Å². The topological polar surface area (TPSA) is 27.0 Å². The fraction of sp³-hybridized carbons (Fsp3) is 0.462. The Morgan fingerprint density at radius 2 is 2.00 bits per heavy atom. The number of hydrogen-bond acceptors (Lipinski definition) is 2. The van der Waals surface area contributed by atoms with Crippen LogP contribution in [0.5, 0.6) is 0 Å². The molecule has 0 atom stereocenters. The van der Waals surface area contributed by atoms with Crippen molar-refractivity contribution in [2.75, 3.05) is 18.5 Å². The van der Waals surface area contributed by atoms with Crippen molar-refractivity contribution in [2.45, 2.75) is 20.8 Å². The van der Waals surface area contributed by atoms with Crippen molar-refractivity contribution in [3.8, 4) is 6.07 Å². The quantitative estimate of drug-likeness (QED) is 0.824. The Bertz CT molecular complexity index is 413. The second kappa shape index (κ2) is 4.88. The fourth-order valence-electron chi connectivity index (χ4n) is 1.71. The lowest BCUT2D eigenvalue weighted by molar-refractivity contribution is 0.419. The smallest absolute Gasteiger partial charge is 0.101 e.